The second-order valence-electron chi connectivity index (χ2n) is 5.57. The van der Waals surface area contributed by atoms with Crippen LogP contribution < -0.4 is 4.72 Å². The van der Waals surface area contributed by atoms with E-state index in [0.29, 0.717) is 10.9 Å². The number of rotatable bonds is 5. The van der Waals surface area contributed by atoms with Gasteiger partial charge in [0.2, 0.25) is 10.0 Å². The van der Waals surface area contributed by atoms with Crippen molar-refractivity contribution in [3.8, 4) is 0 Å². The molecule has 2 N–H and O–H groups in total. The molecule has 1 heterocycles. The first-order chi connectivity index (χ1) is 9.38. The molecule has 0 aromatic carbocycles. The number of hydrogen-bond donors (Lipinski definition) is 2. The Balaban J connectivity index is 2.08. The van der Waals surface area contributed by atoms with Gasteiger partial charge in [-0.1, -0.05) is 30.9 Å². The minimum atomic E-state index is -3.54. The normalized spacial score (nSPS) is 19.1. The van der Waals surface area contributed by atoms with E-state index in [1.807, 2.05) is 0 Å². The van der Waals surface area contributed by atoms with Crippen molar-refractivity contribution in [1.29, 1.82) is 0 Å². The van der Waals surface area contributed by atoms with Crippen molar-refractivity contribution in [1.82, 2.24) is 4.72 Å². The number of thiophene rings is 1. The lowest BCUT2D eigenvalue weighted by Crippen LogP contribution is -2.41. The largest absolute Gasteiger partial charge is 0.396 e. The van der Waals surface area contributed by atoms with E-state index in [2.05, 4.69) is 4.72 Å². The average molecular weight is 338 g/mol. The highest BCUT2D eigenvalue weighted by atomic mass is 35.5. The lowest BCUT2D eigenvalue weighted by molar-refractivity contribution is 0.0867. The van der Waals surface area contributed by atoms with E-state index >= 15 is 0 Å². The van der Waals surface area contributed by atoms with Crippen LogP contribution in [-0.4, -0.2) is 26.7 Å². The molecule has 2 rings (SSSR count). The Morgan fingerprint density at radius 2 is 2.05 bits per heavy atom. The number of hydrogen-bond acceptors (Lipinski definition) is 4. The molecule has 1 saturated carbocycles. The molecule has 1 fully saturated rings. The second-order valence-corrected chi connectivity index (χ2v) is 9.21. The summed E-state index contributed by atoms with van der Waals surface area (Å²) in [5, 5.41) is 9.60. The summed E-state index contributed by atoms with van der Waals surface area (Å²) in [6.45, 7) is 2.11. The van der Waals surface area contributed by atoms with Crippen LogP contribution >= 0.6 is 22.9 Å². The summed E-state index contributed by atoms with van der Waals surface area (Å²) in [4.78, 5) is 0. The van der Waals surface area contributed by atoms with Crippen molar-refractivity contribution < 1.29 is 13.5 Å². The standard InChI is InChI=1S/C13H20ClNO3S2/c1-10-7-11(19-12(10)14)20(17,18)15-8-13(9-16)5-3-2-4-6-13/h7,15-16H,2-6,8-9H2,1H3. The van der Waals surface area contributed by atoms with E-state index < -0.39 is 10.0 Å². The Morgan fingerprint density at radius 3 is 2.55 bits per heavy atom. The Hall–Kier alpha value is -0.140. The summed E-state index contributed by atoms with van der Waals surface area (Å²) in [5.41, 5.74) is 0.466. The van der Waals surface area contributed by atoms with Gasteiger partial charge in [-0.3, -0.25) is 0 Å². The molecule has 0 unspecified atom stereocenters. The molecule has 7 heteroatoms. The highest BCUT2D eigenvalue weighted by Crippen LogP contribution is 2.36. The Bertz CT molecular complexity index is 543. The topological polar surface area (TPSA) is 66.4 Å². The summed E-state index contributed by atoms with van der Waals surface area (Å²) >= 11 is 6.99. The second kappa shape index (κ2) is 6.32. The van der Waals surface area contributed by atoms with Gasteiger partial charge in [-0.25, -0.2) is 13.1 Å². The van der Waals surface area contributed by atoms with Gasteiger partial charge in [0.15, 0.2) is 0 Å². The summed E-state index contributed by atoms with van der Waals surface area (Å²) in [7, 11) is -3.54. The first-order valence-electron chi connectivity index (χ1n) is 6.75. The minimum Gasteiger partial charge on any atom is -0.396 e. The average Bonchev–Trinajstić information content (AvgIpc) is 2.79. The third-order valence-electron chi connectivity index (χ3n) is 3.99. The van der Waals surface area contributed by atoms with Crippen molar-refractivity contribution in [3.63, 3.8) is 0 Å². The van der Waals surface area contributed by atoms with Crippen molar-refractivity contribution in [2.75, 3.05) is 13.2 Å². The maximum atomic E-state index is 12.3. The third kappa shape index (κ3) is 3.54. The van der Waals surface area contributed by atoms with Crippen LogP contribution in [0.4, 0.5) is 0 Å². The van der Waals surface area contributed by atoms with Gasteiger partial charge in [0.05, 0.1) is 4.34 Å². The summed E-state index contributed by atoms with van der Waals surface area (Å²) < 4.78 is 27.9. The lowest BCUT2D eigenvalue weighted by Gasteiger charge is -2.35. The van der Waals surface area contributed by atoms with Crippen molar-refractivity contribution in [3.05, 3.63) is 16.0 Å². The predicted octanol–water partition coefficient (Wildman–Crippen LogP) is 2.93. The molecule has 114 valence electrons. The van der Waals surface area contributed by atoms with Gasteiger partial charge < -0.3 is 5.11 Å². The molecule has 0 spiro atoms. The molecule has 0 aliphatic heterocycles. The molecule has 0 amide bonds. The monoisotopic (exact) mass is 337 g/mol. The van der Waals surface area contributed by atoms with E-state index in [4.69, 9.17) is 11.6 Å². The minimum absolute atomic E-state index is 0.0275. The molecular formula is C13H20ClNO3S2. The fourth-order valence-corrected chi connectivity index (χ4v) is 5.49. The van der Waals surface area contributed by atoms with Crippen LogP contribution in [0.15, 0.2) is 10.3 Å². The van der Waals surface area contributed by atoms with Crippen molar-refractivity contribution in [2.24, 2.45) is 5.41 Å². The number of aliphatic hydroxyl groups excluding tert-OH is 1. The van der Waals surface area contributed by atoms with Gasteiger partial charge in [-0.05, 0) is 31.4 Å². The van der Waals surface area contributed by atoms with E-state index in [-0.39, 0.29) is 16.2 Å². The molecule has 1 aromatic rings. The van der Waals surface area contributed by atoms with Crippen LogP contribution in [0.2, 0.25) is 4.34 Å². The van der Waals surface area contributed by atoms with Gasteiger partial charge in [0, 0.05) is 18.6 Å². The molecular weight excluding hydrogens is 318 g/mol. The first-order valence-corrected chi connectivity index (χ1v) is 9.43. The van der Waals surface area contributed by atoms with E-state index in [0.717, 1.165) is 49.0 Å². The van der Waals surface area contributed by atoms with Gasteiger partial charge >= 0.3 is 0 Å². The molecule has 1 aromatic heterocycles. The molecule has 0 saturated heterocycles. The van der Waals surface area contributed by atoms with Crippen molar-refractivity contribution in [2.45, 2.75) is 43.2 Å². The fraction of sp³-hybridized carbons (Fsp3) is 0.692. The van der Waals surface area contributed by atoms with Crippen LogP contribution in [0.5, 0.6) is 0 Å². The zero-order valence-corrected chi connectivity index (χ0v) is 13.9. The summed E-state index contributed by atoms with van der Waals surface area (Å²) in [5.74, 6) is 0. The van der Waals surface area contributed by atoms with Gasteiger partial charge in [0.25, 0.3) is 0 Å². The third-order valence-corrected chi connectivity index (χ3v) is 7.42. The number of nitrogens with one attached hydrogen (secondary N) is 1. The number of aryl methyl sites for hydroxylation is 1. The smallest absolute Gasteiger partial charge is 0.250 e. The molecule has 0 bridgehead atoms. The van der Waals surface area contributed by atoms with Crippen LogP contribution in [-0.2, 0) is 10.0 Å². The molecule has 1 aliphatic carbocycles. The van der Waals surface area contributed by atoms with Crippen molar-refractivity contribution >= 4 is 33.0 Å². The highest BCUT2D eigenvalue weighted by Gasteiger charge is 2.33. The molecule has 1 aliphatic rings. The van der Waals surface area contributed by atoms with E-state index in [1.165, 1.54) is 0 Å². The van der Waals surface area contributed by atoms with E-state index in [1.54, 1.807) is 13.0 Å². The number of sulfonamides is 1. The van der Waals surface area contributed by atoms with Crippen LogP contribution in [0.1, 0.15) is 37.7 Å². The first kappa shape index (κ1) is 16.2. The zero-order chi connectivity index (χ0) is 14.8. The quantitative estimate of drug-likeness (QED) is 0.868. The Morgan fingerprint density at radius 1 is 1.40 bits per heavy atom. The molecule has 0 atom stereocenters. The van der Waals surface area contributed by atoms with Crippen LogP contribution in [0.25, 0.3) is 0 Å². The predicted molar refractivity (Wildman–Crippen MR) is 81.9 cm³/mol. The lowest BCUT2D eigenvalue weighted by atomic mass is 9.75. The van der Waals surface area contributed by atoms with Gasteiger partial charge in [0.1, 0.15) is 4.21 Å². The Kier molecular flexibility index (Phi) is 5.13. The number of halogens is 1. The molecule has 4 nitrogen and oxygen atoms in total. The fourth-order valence-electron chi connectivity index (χ4n) is 2.58. The maximum Gasteiger partial charge on any atom is 0.250 e. The Labute approximate surface area is 129 Å². The molecule has 0 radical (unpaired) electrons. The van der Waals surface area contributed by atoms with Crippen LogP contribution in [0.3, 0.4) is 0 Å². The maximum absolute atomic E-state index is 12.3. The summed E-state index contributed by atoms with van der Waals surface area (Å²) in [6, 6.07) is 1.59. The summed E-state index contributed by atoms with van der Waals surface area (Å²) in [6.07, 6.45) is 5.00. The SMILES string of the molecule is Cc1cc(S(=O)(=O)NCC2(CO)CCCCC2)sc1Cl. The van der Waals surface area contributed by atoms with Crippen LogP contribution in [0, 0.1) is 12.3 Å². The molecule has 20 heavy (non-hydrogen) atoms. The van der Waals surface area contributed by atoms with Gasteiger partial charge in [-0.15, -0.1) is 11.3 Å². The highest BCUT2D eigenvalue weighted by molar-refractivity contribution is 7.91. The number of aliphatic hydroxyl groups is 1. The van der Waals surface area contributed by atoms with E-state index in [9.17, 15) is 13.5 Å². The zero-order valence-electron chi connectivity index (χ0n) is 11.5. The van der Waals surface area contributed by atoms with Gasteiger partial charge in [-0.2, -0.15) is 0 Å².